The van der Waals surface area contributed by atoms with E-state index in [1.54, 1.807) is 4.90 Å². The van der Waals surface area contributed by atoms with Gasteiger partial charge in [0.25, 0.3) is 0 Å². The molecule has 0 radical (unpaired) electrons. The van der Waals surface area contributed by atoms with Crippen LogP contribution in [0.2, 0.25) is 0 Å². The van der Waals surface area contributed by atoms with Crippen LogP contribution in [0.1, 0.15) is 46.1 Å². The molecule has 3 amide bonds. The second-order valence-corrected chi connectivity index (χ2v) is 11.0. The lowest BCUT2D eigenvalue weighted by Crippen LogP contribution is -2.45. The summed E-state index contributed by atoms with van der Waals surface area (Å²) in [5, 5.41) is 3.05. The molecule has 0 saturated carbocycles. The van der Waals surface area contributed by atoms with Gasteiger partial charge >= 0.3 is 12.1 Å². The normalized spacial score (nSPS) is 15.0. The number of carbonyl (C=O) groups excluding carboxylic acids is 2. The van der Waals surface area contributed by atoms with Crippen LogP contribution in [0, 0.1) is 5.92 Å². The zero-order valence-electron chi connectivity index (χ0n) is 21.1. The number of ether oxygens (including phenoxy) is 1. The van der Waals surface area contributed by atoms with E-state index in [1.165, 1.54) is 0 Å². The molecule has 0 atom stereocenters. The summed E-state index contributed by atoms with van der Waals surface area (Å²) in [6.07, 6.45) is 3.52. The molecule has 7 heteroatoms. The number of para-hydroxylation sites is 1. The lowest BCUT2D eigenvalue weighted by atomic mass is 9.96. The molecule has 188 valence electrons. The van der Waals surface area contributed by atoms with Crippen molar-refractivity contribution in [2.24, 2.45) is 5.92 Å². The minimum Gasteiger partial charge on any atom is -0.444 e. The van der Waals surface area contributed by atoms with Gasteiger partial charge in [-0.15, -0.1) is 0 Å². The molecule has 1 saturated heterocycles. The molecule has 1 aliphatic rings. The Kier molecular flexibility index (Phi) is 9.38. The summed E-state index contributed by atoms with van der Waals surface area (Å²) in [7, 11) is 0. The molecule has 1 N–H and O–H groups in total. The summed E-state index contributed by atoms with van der Waals surface area (Å²) < 4.78 is 6.36. The smallest absolute Gasteiger partial charge is 0.410 e. The monoisotopic (exact) mass is 541 g/mol. The Morgan fingerprint density at radius 1 is 1.09 bits per heavy atom. The molecule has 1 heterocycles. The first-order valence-corrected chi connectivity index (χ1v) is 12.9. The first-order valence-electron chi connectivity index (χ1n) is 12.1. The average molecular weight is 543 g/mol. The van der Waals surface area contributed by atoms with Gasteiger partial charge in [0, 0.05) is 30.7 Å². The number of nitrogens with one attached hydrogen (secondary N) is 1. The first kappa shape index (κ1) is 26.8. The number of likely N-dealkylation sites (tertiary alicyclic amines) is 1. The molecule has 0 unspecified atom stereocenters. The van der Waals surface area contributed by atoms with Gasteiger partial charge in [-0.25, -0.2) is 9.59 Å². The minimum absolute atomic E-state index is 0.132. The van der Waals surface area contributed by atoms with Gasteiger partial charge in [0.15, 0.2) is 0 Å². The lowest BCUT2D eigenvalue weighted by Gasteiger charge is -2.35. The van der Waals surface area contributed by atoms with Crippen LogP contribution >= 0.6 is 15.9 Å². The second-order valence-electron chi connectivity index (χ2n) is 10.1. The van der Waals surface area contributed by atoms with E-state index in [2.05, 4.69) is 46.4 Å². The van der Waals surface area contributed by atoms with Gasteiger partial charge in [0.05, 0.1) is 5.69 Å². The van der Waals surface area contributed by atoms with Crippen molar-refractivity contribution in [1.82, 2.24) is 9.80 Å². The Morgan fingerprint density at radius 2 is 1.71 bits per heavy atom. The fourth-order valence-electron chi connectivity index (χ4n) is 4.09. The SMILES string of the molecule is C/C(=C\c1ccccc1)CN(CC1CCN(C(=O)OC(C)(C)C)CC1)C(=O)Nc1ccccc1Br. The van der Waals surface area contributed by atoms with Crippen molar-refractivity contribution in [3.63, 3.8) is 0 Å². The number of rotatable bonds is 6. The zero-order chi connectivity index (χ0) is 25.4. The molecule has 0 bridgehead atoms. The molecule has 2 aromatic rings. The highest BCUT2D eigenvalue weighted by molar-refractivity contribution is 9.10. The maximum absolute atomic E-state index is 13.3. The Morgan fingerprint density at radius 3 is 2.34 bits per heavy atom. The molecule has 2 aromatic carbocycles. The Hall–Kier alpha value is -2.80. The fourth-order valence-corrected chi connectivity index (χ4v) is 4.48. The van der Waals surface area contributed by atoms with Crippen molar-refractivity contribution < 1.29 is 14.3 Å². The Balaban J connectivity index is 1.67. The third-order valence-corrected chi connectivity index (χ3v) is 6.49. The lowest BCUT2D eigenvalue weighted by molar-refractivity contribution is 0.0175. The zero-order valence-corrected chi connectivity index (χ0v) is 22.7. The number of urea groups is 1. The third-order valence-electron chi connectivity index (χ3n) is 5.80. The Bertz CT molecular complexity index is 1030. The van der Waals surface area contributed by atoms with Crippen LogP contribution in [0.25, 0.3) is 6.08 Å². The van der Waals surface area contributed by atoms with E-state index in [0.717, 1.165) is 34.1 Å². The molecule has 0 spiro atoms. The van der Waals surface area contributed by atoms with E-state index < -0.39 is 5.60 Å². The average Bonchev–Trinajstić information content (AvgIpc) is 2.80. The van der Waals surface area contributed by atoms with Gasteiger partial charge in [-0.3, -0.25) is 0 Å². The summed E-state index contributed by atoms with van der Waals surface area (Å²) in [5.41, 5.74) is 2.45. The number of piperidine rings is 1. The van der Waals surface area contributed by atoms with Crippen molar-refractivity contribution in [2.45, 2.75) is 46.1 Å². The molecule has 0 aliphatic carbocycles. The van der Waals surface area contributed by atoms with E-state index in [4.69, 9.17) is 4.74 Å². The van der Waals surface area contributed by atoms with Crippen LogP contribution in [0.5, 0.6) is 0 Å². The van der Waals surface area contributed by atoms with Crippen molar-refractivity contribution in [3.05, 3.63) is 70.2 Å². The van der Waals surface area contributed by atoms with Crippen LogP contribution in [0.15, 0.2) is 64.6 Å². The fraction of sp³-hybridized carbons (Fsp3) is 0.429. The van der Waals surface area contributed by atoms with E-state index >= 15 is 0 Å². The highest BCUT2D eigenvalue weighted by Gasteiger charge is 2.29. The minimum atomic E-state index is -0.503. The molecule has 3 rings (SSSR count). The molecular weight excluding hydrogens is 506 g/mol. The Labute approximate surface area is 217 Å². The number of nitrogens with zero attached hydrogens (tertiary/aromatic N) is 2. The van der Waals surface area contributed by atoms with Crippen LogP contribution in [-0.4, -0.2) is 53.7 Å². The molecular formula is C28H36BrN3O3. The standard InChI is InChI=1S/C28H36BrN3O3/c1-21(18-22-10-6-5-7-11-22)19-32(26(33)30-25-13-9-8-12-24(25)29)20-23-14-16-31(17-15-23)27(34)35-28(2,3)4/h5-13,18,23H,14-17,19-20H2,1-4H3,(H,30,33)/b21-18+. The van der Waals surface area contributed by atoms with Gasteiger partial charge in [0.2, 0.25) is 0 Å². The summed E-state index contributed by atoms with van der Waals surface area (Å²) in [4.78, 5) is 29.4. The first-order chi connectivity index (χ1) is 16.6. The molecule has 1 aliphatic heterocycles. The maximum atomic E-state index is 13.3. The van der Waals surface area contributed by atoms with Crippen LogP contribution < -0.4 is 5.32 Å². The highest BCUT2D eigenvalue weighted by atomic mass is 79.9. The van der Waals surface area contributed by atoms with Crippen molar-refractivity contribution >= 4 is 39.8 Å². The van der Waals surface area contributed by atoms with Gasteiger partial charge in [-0.05, 0) is 80.1 Å². The number of anilines is 1. The van der Waals surface area contributed by atoms with Gasteiger partial charge in [-0.2, -0.15) is 0 Å². The molecule has 6 nitrogen and oxygen atoms in total. The van der Waals surface area contributed by atoms with Gasteiger partial charge < -0.3 is 19.9 Å². The number of halogens is 1. The number of benzene rings is 2. The van der Waals surface area contributed by atoms with Gasteiger partial charge in [0.1, 0.15) is 5.60 Å². The van der Waals surface area contributed by atoms with E-state index in [-0.39, 0.29) is 12.1 Å². The van der Waals surface area contributed by atoms with Crippen molar-refractivity contribution in [1.29, 1.82) is 0 Å². The van der Waals surface area contributed by atoms with Crippen LogP contribution in [0.3, 0.4) is 0 Å². The highest BCUT2D eigenvalue weighted by Crippen LogP contribution is 2.24. The number of carbonyl (C=O) groups is 2. The molecule has 0 aromatic heterocycles. The quantitative estimate of drug-likeness (QED) is 0.426. The summed E-state index contributed by atoms with van der Waals surface area (Å²) >= 11 is 3.51. The van der Waals surface area contributed by atoms with E-state index in [9.17, 15) is 9.59 Å². The molecule has 35 heavy (non-hydrogen) atoms. The molecule has 1 fully saturated rings. The number of hydrogen-bond acceptors (Lipinski definition) is 3. The van der Waals surface area contributed by atoms with Crippen LogP contribution in [0.4, 0.5) is 15.3 Å². The van der Waals surface area contributed by atoms with Crippen LogP contribution in [-0.2, 0) is 4.74 Å². The van der Waals surface area contributed by atoms with Crippen molar-refractivity contribution in [2.75, 3.05) is 31.5 Å². The number of hydrogen-bond donors (Lipinski definition) is 1. The van der Waals surface area contributed by atoms with E-state index in [1.807, 2.05) is 68.1 Å². The summed E-state index contributed by atoms with van der Waals surface area (Å²) in [6, 6.07) is 17.6. The second kappa shape index (κ2) is 12.2. The largest absolute Gasteiger partial charge is 0.444 e. The topological polar surface area (TPSA) is 61.9 Å². The van der Waals surface area contributed by atoms with Crippen molar-refractivity contribution in [3.8, 4) is 0 Å². The third kappa shape index (κ3) is 8.73. The predicted molar refractivity (Wildman–Crippen MR) is 145 cm³/mol. The van der Waals surface area contributed by atoms with E-state index in [0.29, 0.717) is 32.1 Å². The predicted octanol–water partition coefficient (Wildman–Crippen LogP) is 7.03. The van der Waals surface area contributed by atoms with Gasteiger partial charge in [-0.1, -0.05) is 54.1 Å². The maximum Gasteiger partial charge on any atom is 0.410 e. The summed E-state index contributed by atoms with van der Waals surface area (Å²) in [5.74, 6) is 0.308. The summed E-state index contributed by atoms with van der Waals surface area (Å²) in [6.45, 7) is 10.1. The number of amides is 3.